The van der Waals surface area contributed by atoms with Gasteiger partial charge in [-0.3, -0.25) is 10.4 Å². The van der Waals surface area contributed by atoms with Crippen LogP contribution in [0, 0.1) is 11.3 Å². The smallest absolute Gasteiger partial charge is 0.142 e. The third-order valence-electron chi connectivity index (χ3n) is 2.59. The molecule has 1 rings (SSSR count). The molecule has 0 fully saturated rings. The summed E-state index contributed by atoms with van der Waals surface area (Å²) in [6.07, 6.45) is 3.99. The molecule has 0 bridgehead atoms. The molecule has 4 heteroatoms. The molecule has 0 spiro atoms. The van der Waals surface area contributed by atoms with E-state index >= 15 is 0 Å². The number of pyridine rings is 1. The van der Waals surface area contributed by atoms with E-state index in [1.165, 1.54) is 12.8 Å². The fourth-order valence-corrected chi connectivity index (χ4v) is 1.74. The molecule has 94 valence electrons. The molecule has 0 aliphatic heterocycles. The van der Waals surface area contributed by atoms with Gasteiger partial charge in [0.1, 0.15) is 11.5 Å². The van der Waals surface area contributed by atoms with E-state index in [9.17, 15) is 0 Å². The van der Waals surface area contributed by atoms with Crippen molar-refractivity contribution in [2.75, 3.05) is 6.61 Å². The Hall–Kier alpha value is -1.42. The second-order valence-corrected chi connectivity index (χ2v) is 4.33. The van der Waals surface area contributed by atoms with Gasteiger partial charge in [0.15, 0.2) is 0 Å². The molecular formula is C13H21N3O. The Morgan fingerprint density at radius 3 is 3.00 bits per heavy atom. The first-order valence-corrected chi connectivity index (χ1v) is 6.01. The lowest BCUT2D eigenvalue weighted by atomic mass is 10.1. The largest absolute Gasteiger partial charge is 0.382 e. The Morgan fingerprint density at radius 1 is 1.59 bits per heavy atom. The summed E-state index contributed by atoms with van der Waals surface area (Å²) in [5.41, 5.74) is 6.86. The van der Waals surface area contributed by atoms with Crippen molar-refractivity contribution in [3.8, 4) is 0 Å². The topological polar surface area (TPSA) is 72.0 Å². The van der Waals surface area contributed by atoms with E-state index in [1.807, 2.05) is 12.1 Å². The molecule has 17 heavy (non-hydrogen) atoms. The summed E-state index contributed by atoms with van der Waals surface area (Å²) in [6, 6.07) is 3.73. The lowest BCUT2D eigenvalue weighted by Gasteiger charge is -2.12. The molecule has 0 amide bonds. The van der Waals surface area contributed by atoms with Crippen LogP contribution in [0.25, 0.3) is 0 Å². The second-order valence-electron chi connectivity index (χ2n) is 4.33. The van der Waals surface area contributed by atoms with Crippen LogP contribution in [0.5, 0.6) is 0 Å². The van der Waals surface area contributed by atoms with Crippen LogP contribution in [-0.2, 0) is 11.3 Å². The third-order valence-corrected chi connectivity index (χ3v) is 2.59. The van der Waals surface area contributed by atoms with Gasteiger partial charge in [-0.05, 0) is 18.4 Å². The van der Waals surface area contributed by atoms with E-state index in [0.717, 1.165) is 12.2 Å². The third kappa shape index (κ3) is 4.53. The minimum atomic E-state index is -0.00851. The zero-order chi connectivity index (χ0) is 12.7. The van der Waals surface area contributed by atoms with Crippen LogP contribution in [0.2, 0.25) is 0 Å². The molecule has 1 unspecified atom stereocenters. The number of hydrogen-bond donors (Lipinski definition) is 2. The quantitative estimate of drug-likeness (QED) is 0.562. The minimum Gasteiger partial charge on any atom is -0.382 e. The second kappa shape index (κ2) is 7.01. The van der Waals surface area contributed by atoms with Crippen molar-refractivity contribution in [1.29, 1.82) is 5.41 Å². The summed E-state index contributed by atoms with van der Waals surface area (Å²) in [6.45, 7) is 5.56. The molecule has 0 aliphatic rings. The molecule has 4 nitrogen and oxygen atoms in total. The first-order valence-electron chi connectivity index (χ1n) is 6.01. The van der Waals surface area contributed by atoms with Crippen molar-refractivity contribution >= 4 is 5.84 Å². The Morgan fingerprint density at radius 2 is 2.35 bits per heavy atom. The van der Waals surface area contributed by atoms with E-state index in [1.54, 1.807) is 6.20 Å². The number of hydrogen-bond acceptors (Lipinski definition) is 3. The van der Waals surface area contributed by atoms with Crippen LogP contribution in [-0.4, -0.2) is 17.4 Å². The summed E-state index contributed by atoms with van der Waals surface area (Å²) >= 11 is 0. The van der Waals surface area contributed by atoms with Crippen LogP contribution >= 0.6 is 0 Å². The molecule has 0 aliphatic carbocycles. The van der Waals surface area contributed by atoms with Crippen molar-refractivity contribution in [2.45, 2.75) is 33.3 Å². The van der Waals surface area contributed by atoms with Crippen molar-refractivity contribution in [3.05, 3.63) is 29.6 Å². The Kier molecular flexibility index (Phi) is 5.63. The highest BCUT2D eigenvalue weighted by molar-refractivity contribution is 5.94. The van der Waals surface area contributed by atoms with Crippen LogP contribution in [0.15, 0.2) is 18.3 Å². The van der Waals surface area contributed by atoms with Gasteiger partial charge in [-0.2, -0.15) is 0 Å². The van der Waals surface area contributed by atoms with Gasteiger partial charge in [0, 0.05) is 18.4 Å². The van der Waals surface area contributed by atoms with Gasteiger partial charge in [-0.25, -0.2) is 0 Å². The van der Waals surface area contributed by atoms with E-state index in [4.69, 9.17) is 15.9 Å². The van der Waals surface area contributed by atoms with Crippen LogP contribution in [0.1, 0.15) is 37.9 Å². The standard InChI is InChI=1S/C13H21N3O/c1-3-5-10(2)8-17-9-11-6-4-7-16-12(11)13(14)15/h4,6-7,10H,3,5,8-9H2,1-2H3,(H3,14,15). The van der Waals surface area contributed by atoms with Gasteiger partial charge in [0.2, 0.25) is 0 Å². The van der Waals surface area contributed by atoms with Crippen LogP contribution in [0.3, 0.4) is 0 Å². The number of ether oxygens (including phenoxy) is 1. The number of aromatic nitrogens is 1. The zero-order valence-electron chi connectivity index (χ0n) is 10.6. The maximum atomic E-state index is 7.42. The maximum Gasteiger partial charge on any atom is 0.142 e. The van der Waals surface area contributed by atoms with Gasteiger partial charge >= 0.3 is 0 Å². The average molecular weight is 235 g/mol. The highest BCUT2D eigenvalue weighted by atomic mass is 16.5. The molecular weight excluding hydrogens is 214 g/mol. The van der Waals surface area contributed by atoms with Crippen LogP contribution < -0.4 is 5.73 Å². The average Bonchev–Trinajstić information content (AvgIpc) is 2.30. The number of nitrogens with zero attached hydrogens (tertiary/aromatic N) is 1. The lowest BCUT2D eigenvalue weighted by Crippen LogP contribution is -2.16. The first kappa shape index (κ1) is 13.6. The summed E-state index contributed by atoms with van der Waals surface area (Å²) in [5, 5.41) is 7.42. The van der Waals surface area contributed by atoms with Gasteiger partial charge in [-0.1, -0.05) is 26.3 Å². The number of nitrogens with two attached hydrogens (primary N) is 1. The monoisotopic (exact) mass is 235 g/mol. The fraction of sp³-hybridized carbons (Fsp3) is 0.538. The van der Waals surface area contributed by atoms with E-state index in [2.05, 4.69) is 18.8 Å². The predicted molar refractivity (Wildman–Crippen MR) is 69.0 cm³/mol. The SMILES string of the molecule is CCCC(C)COCc1cccnc1C(=N)N. The summed E-state index contributed by atoms with van der Waals surface area (Å²) in [4.78, 5) is 4.08. The molecule has 3 N–H and O–H groups in total. The molecule has 0 saturated carbocycles. The Bertz CT molecular complexity index is 365. The van der Waals surface area contributed by atoms with Crippen molar-refractivity contribution in [1.82, 2.24) is 4.98 Å². The van der Waals surface area contributed by atoms with Crippen molar-refractivity contribution in [2.24, 2.45) is 11.7 Å². The number of nitrogen functional groups attached to an aromatic ring is 1. The summed E-state index contributed by atoms with van der Waals surface area (Å²) < 4.78 is 5.63. The van der Waals surface area contributed by atoms with Crippen molar-refractivity contribution in [3.63, 3.8) is 0 Å². The zero-order valence-corrected chi connectivity index (χ0v) is 10.6. The first-order chi connectivity index (χ1) is 8.15. The number of rotatable bonds is 7. The van der Waals surface area contributed by atoms with E-state index < -0.39 is 0 Å². The summed E-state index contributed by atoms with van der Waals surface area (Å²) in [7, 11) is 0. The van der Waals surface area contributed by atoms with Gasteiger partial charge in [-0.15, -0.1) is 0 Å². The van der Waals surface area contributed by atoms with E-state index in [0.29, 0.717) is 18.2 Å². The fourth-order valence-electron chi connectivity index (χ4n) is 1.74. The van der Waals surface area contributed by atoms with Gasteiger partial charge in [0.25, 0.3) is 0 Å². The number of amidine groups is 1. The predicted octanol–water partition coefficient (Wildman–Crippen LogP) is 2.32. The molecule has 1 aromatic heterocycles. The Labute approximate surface area is 103 Å². The highest BCUT2D eigenvalue weighted by Crippen LogP contribution is 2.10. The molecule has 1 aromatic rings. The van der Waals surface area contributed by atoms with Crippen LogP contribution in [0.4, 0.5) is 0 Å². The van der Waals surface area contributed by atoms with E-state index in [-0.39, 0.29) is 5.84 Å². The van der Waals surface area contributed by atoms with Gasteiger partial charge < -0.3 is 10.5 Å². The maximum absolute atomic E-state index is 7.42. The van der Waals surface area contributed by atoms with Gasteiger partial charge in [0.05, 0.1) is 6.61 Å². The lowest BCUT2D eigenvalue weighted by molar-refractivity contribution is 0.0891. The summed E-state index contributed by atoms with van der Waals surface area (Å²) in [5.74, 6) is 0.559. The molecule has 0 saturated heterocycles. The molecule has 1 heterocycles. The number of nitrogens with one attached hydrogen (secondary N) is 1. The molecule has 0 aromatic carbocycles. The molecule has 1 atom stereocenters. The molecule has 0 radical (unpaired) electrons. The Balaban J connectivity index is 2.49. The minimum absolute atomic E-state index is 0.00851. The normalized spacial score (nSPS) is 12.4. The highest BCUT2D eigenvalue weighted by Gasteiger charge is 2.07. The van der Waals surface area contributed by atoms with Crippen molar-refractivity contribution < 1.29 is 4.74 Å².